The number of aromatic nitrogens is 3. The van der Waals surface area contributed by atoms with E-state index in [0.29, 0.717) is 17.0 Å². The zero-order valence-electron chi connectivity index (χ0n) is 19.5. The van der Waals surface area contributed by atoms with E-state index in [0.717, 1.165) is 17.4 Å². The Bertz CT molecular complexity index is 1440. The molecule has 33 heavy (non-hydrogen) atoms. The molecule has 10 heteroatoms. The van der Waals surface area contributed by atoms with Gasteiger partial charge in [-0.25, -0.2) is 13.2 Å². The molecular formula is C23H29N3O6S. The van der Waals surface area contributed by atoms with E-state index in [2.05, 4.69) is 5.16 Å². The van der Waals surface area contributed by atoms with Gasteiger partial charge in [0.15, 0.2) is 15.6 Å². The Balaban J connectivity index is 1.92. The number of hydrogen-bond acceptors (Lipinski definition) is 7. The van der Waals surface area contributed by atoms with Gasteiger partial charge in [0.2, 0.25) is 0 Å². The van der Waals surface area contributed by atoms with E-state index in [4.69, 9.17) is 9.26 Å². The van der Waals surface area contributed by atoms with E-state index in [1.165, 1.54) is 22.8 Å². The van der Waals surface area contributed by atoms with Crippen LogP contribution in [0, 0.1) is 12.3 Å². The van der Waals surface area contributed by atoms with Gasteiger partial charge >= 0.3 is 5.69 Å². The van der Waals surface area contributed by atoms with Crippen LogP contribution in [0.25, 0.3) is 10.9 Å². The lowest BCUT2D eigenvalue weighted by Crippen LogP contribution is -2.44. The summed E-state index contributed by atoms with van der Waals surface area (Å²) in [5, 5.41) is 3.97. The summed E-state index contributed by atoms with van der Waals surface area (Å²) >= 11 is 0. The molecule has 178 valence electrons. The number of benzene rings is 1. The topological polar surface area (TPSA) is 113 Å². The monoisotopic (exact) mass is 475 g/mol. The number of rotatable bonds is 8. The minimum Gasteiger partial charge on any atom is -0.377 e. The van der Waals surface area contributed by atoms with Crippen LogP contribution >= 0.6 is 0 Å². The van der Waals surface area contributed by atoms with Gasteiger partial charge < -0.3 is 9.26 Å². The number of aryl methyl sites for hydroxylation is 1. The van der Waals surface area contributed by atoms with Crippen molar-refractivity contribution in [1.82, 2.24) is 14.3 Å². The lowest BCUT2D eigenvalue weighted by atomic mass is 10.1. The zero-order valence-corrected chi connectivity index (χ0v) is 20.4. The molecule has 9 nitrogen and oxygen atoms in total. The van der Waals surface area contributed by atoms with Gasteiger partial charge in [-0.1, -0.05) is 12.1 Å². The van der Waals surface area contributed by atoms with Gasteiger partial charge in [0.25, 0.3) is 5.56 Å². The minimum atomic E-state index is -3.58. The summed E-state index contributed by atoms with van der Waals surface area (Å²) in [5.41, 5.74) is -1.04. The van der Waals surface area contributed by atoms with Crippen LogP contribution in [0.5, 0.6) is 0 Å². The number of fused-ring (bicyclic) bond motifs is 1. The van der Waals surface area contributed by atoms with Crippen LogP contribution in [0.1, 0.15) is 45.1 Å². The quantitative estimate of drug-likeness (QED) is 0.492. The van der Waals surface area contributed by atoms with Gasteiger partial charge in [0.05, 0.1) is 45.9 Å². The maximum Gasteiger partial charge on any atom is 0.332 e. The second-order valence-electron chi connectivity index (χ2n) is 9.91. The summed E-state index contributed by atoms with van der Waals surface area (Å²) in [6.45, 7) is 7.40. The first kappa shape index (κ1) is 23.4. The van der Waals surface area contributed by atoms with Crippen LogP contribution in [0.15, 0.2) is 43.3 Å². The fourth-order valence-electron chi connectivity index (χ4n) is 3.88. The molecule has 1 aliphatic rings. The number of ether oxygens (including phenoxy) is 1. The highest BCUT2D eigenvalue weighted by Gasteiger charge is 2.42. The lowest BCUT2D eigenvalue weighted by Gasteiger charge is -2.25. The molecule has 0 bridgehead atoms. The zero-order chi connectivity index (χ0) is 24.2. The average molecular weight is 476 g/mol. The summed E-state index contributed by atoms with van der Waals surface area (Å²) in [4.78, 5) is 26.8. The molecule has 0 radical (unpaired) electrons. The van der Waals surface area contributed by atoms with Crippen molar-refractivity contribution >= 4 is 20.7 Å². The summed E-state index contributed by atoms with van der Waals surface area (Å²) in [7, 11) is -2.04. The Morgan fingerprint density at radius 2 is 1.88 bits per heavy atom. The van der Waals surface area contributed by atoms with Crippen molar-refractivity contribution in [2.75, 3.05) is 12.9 Å². The smallest absolute Gasteiger partial charge is 0.332 e. The molecule has 1 fully saturated rings. The van der Waals surface area contributed by atoms with Crippen LogP contribution < -0.4 is 11.2 Å². The summed E-state index contributed by atoms with van der Waals surface area (Å²) in [5.74, 6) is 0.391. The third-order valence-electron chi connectivity index (χ3n) is 6.28. The molecule has 4 rings (SSSR count). The Kier molecular flexibility index (Phi) is 5.65. The lowest BCUT2D eigenvalue weighted by molar-refractivity contribution is 0.00783. The molecule has 0 aliphatic heterocycles. The molecule has 0 unspecified atom stereocenters. The Morgan fingerprint density at radius 3 is 2.45 bits per heavy atom. The average Bonchev–Trinajstić information content (AvgIpc) is 3.31. The van der Waals surface area contributed by atoms with E-state index in [9.17, 15) is 18.0 Å². The molecule has 2 aromatic heterocycles. The van der Waals surface area contributed by atoms with E-state index < -0.39 is 26.7 Å². The van der Waals surface area contributed by atoms with E-state index in [1.54, 1.807) is 20.1 Å². The molecule has 0 spiro atoms. The normalized spacial score (nSPS) is 15.8. The van der Waals surface area contributed by atoms with Gasteiger partial charge in [-0.2, -0.15) is 0 Å². The maximum atomic E-state index is 13.4. The minimum absolute atomic E-state index is 0.0351. The van der Waals surface area contributed by atoms with E-state index >= 15 is 0 Å². The number of hydrogen-bond donors (Lipinski definition) is 0. The third kappa shape index (κ3) is 4.67. The Morgan fingerprint density at radius 1 is 1.18 bits per heavy atom. The van der Waals surface area contributed by atoms with Gasteiger partial charge in [-0.3, -0.25) is 13.9 Å². The predicted molar refractivity (Wildman–Crippen MR) is 123 cm³/mol. The third-order valence-corrected chi connectivity index (χ3v) is 8.33. The van der Waals surface area contributed by atoms with Crippen LogP contribution in [0.3, 0.4) is 0 Å². The van der Waals surface area contributed by atoms with E-state index in [1.807, 2.05) is 20.8 Å². The van der Waals surface area contributed by atoms with Gasteiger partial charge in [0, 0.05) is 13.2 Å². The first-order valence-corrected chi connectivity index (χ1v) is 12.5. The maximum absolute atomic E-state index is 13.4. The number of sulfone groups is 1. The van der Waals surface area contributed by atoms with Crippen molar-refractivity contribution in [3.63, 3.8) is 0 Å². The second-order valence-corrected chi connectivity index (χ2v) is 11.9. The largest absolute Gasteiger partial charge is 0.377 e. The highest BCUT2D eigenvalue weighted by Crippen LogP contribution is 2.46. The van der Waals surface area contributed by atoms with Crippen molar-refractivity contribution in [2.24, 2.45) is 5.41 Å². The molecular weight excluding hydrogens is 446 g/mol. The molecule has 0 saturated heterocycles. The molecule has 0 atom stereocenters. The van der Waals surface area contributed by atoms with Gasteiger partial charge in [0.1, 0.15) is 0 Å². The van der Waals surface area contributed by atoms with Crippen LogP contribution in [0.2, 0.25) is 0 Å². The summed E-state index contributed by atoms with van der Waals surface area (Å²) in [6.07, 6.45) is 1.74. The van der Waals surface area contributed by atoms with Crippen molar-refractivity contribution in [3.05, 3.63) is 56.6 Å². The van der Waals surface area contributed by atoms with Crippen molar-refractivity contribution < 1.29 is 17.7 Å². The second kappa shape index (κ2) is 7.95. The van der Waals surface area contributed by atoms with Crippen molar-refractivity contribution in [3.8, 4) is 0 Å². The SMILES string of the molecule is COC(C)(C)Cn1c(=O)n(Cc2cc(C)no2)c(=O)c2cc(S(=O)(=O)CC3(C)CC3)ccc21. The fourth-order valence-corrected chi connectivity index (χ4v) is 5.83. The Labute approximate surface area is 191 Å². The summed E-state index contributed by atoms with van der Waals surface area (Å²) < 4.78 is 39.3. The molecule has 0 N–H and O–H groups in total. The molecule has 3 aromatic rings. The van der Waals surface area contributed by atoms with Crippen LogP contribution in [0.4, 0.5) is 0 Å². The molecule has 2 heterocycles. The standard InChI is InChI=1S/C23H29N3O6S/c1-15-10-16(32-24-15)12-25-20(27)18-11-17(33(29,30)14-23(4)8-9-23)6-7-19(18)26(21(25)28)13-22(2,3)31-5/h6-7,10-11H,8-9,12-14H2,1-5H3. The number of nitrogens with zero attached hydrogens (tertiary/aromatic N) is 3. The fraction of sp³-hybridized carbons (Fsp3) is 0.522. The van der Waals surface area contributed by atoms with E-state index in [-0.39, 0.29) is 34.5 Å². The molecule has 1 aliphatic carbocycles. The highest BCUT2D eigenvalue weighted by atomic mass is 32.2. The predicted octanol–water partition coefficient (Wildman–Crippen LogP) is 2.51. The number of methoxy groups -OCH3 is 1. The molecule has 0 amide bonds. The summed E-state index contributed by atoms with van der Waals surface area (Å²) in [6, 6.07) is 6.05. The van der Waals surface area contributed by atoms with Gasteiger partial charge in [-0.05, 0) is 57.2 Å². The van der Waals surface area contributed by atoms with Crippen LogP contribution in [-0.2, 0) is 27.7 Å². The van der Waals surface area contributed by atoms with Crippen molar-refractivity contribution in [1.29, 1.82) is 0 Å². The highest BCUT2D eigenvalue weighted by molar-refractivity contribution is 7.91. The van der Waals surface area contributed by atoms with Crippen molar-refractivity contribution in [2.45, 2.75) is 64.1 Å². The van der Waals surface area contributed by atoms with Crippen LogP contribution in [-0.4, -0.2) is 41.2 Å². The molecule has 1 saturated carbocycles. The Hall–Kier alpha value is -2.72. The first-order valence-electron chi connectivity index (χ1n) is 10.8. The first-order chi connectivity index (χ1) is 15.3. The van der Waals surface area contributed by atoms with Gasteiger partial charge in [-0.15, -0.1) is 0 Å². The molecule has 1 aromatic carbocycles.